The molecular weight excluding hydrogens is 332 g/mol. The van der Waals surface area contributed by atoms with Crippen LogP contribution >= 0.6 is 23.1 Å². The van der Waals surface area contributed by atoms with Gasteiger partial charge in [0.2, 0.25) is 5.13 Å². The highest BCUT2D eigenvalue weighted by molar-refractivity contribution is 8.01. The molecule has 0 radical (unpaired) electrons. The lowest BCUT2D eigenvalue weighted by molar-refractivity contribution is 0.101. The van der Waals surface area contributed by atoms with E-state index in [9.17, 15) is 4.79 Å². The Kier molecular flexibility index (Phi) is 4.94. The van der Waals surface area contributed by atoms with E-state index in [2.05, 4.69) is 20.5 Å². The largest absolute Gasteiger partial charge is 0.497 e. The van der Waals surface area contributed by atoms with Crippen molar-refractivity contribution in [3.63, 3.8) is 0 Å². The highest BCUT2D eigenvalue weighted by Crippen LogP contribution is 2.29. The number of hydrogen-bond donors (Lipinski definition) is 2. The zero-order valence-corrected chi connectivity index (χ0v) is 13.9. The normalized spacial score (nSPS) is 10.5. The number of ether oxygens (including phenoxy) is 1. The van der Waals surface area contributed by atoms with Gasteiger partial charge in [0, 0.05) is 18.0 Å². The minimum absolute atomic E-state index is 0.0394. The monoisotopic (exact) mass is 346 g/mol. The molecule has 0 amide bonds. The van der Waals surface area contributed by atoms with Gasteiger partial charge in [0.1, 0.15) is 5.75 Å². The van der Waals surface area contributed by atoms with Crippen molar-refractivity contribution in [1.29, 1.82) is 0 Å². The van der Waals surface area contributed by atoms with E-state index in [0.29, 0.717) is 16.6 Å². The molecule has 2 N–H and O–H groups in total. The number of thioether (sulfide) groups is 1. The maximum Gasteiger partial charge on any atom is 0.210 e. The molecule has 0 aliphatic carbocycles. The molecule has 3 rings (SSSR count). The van der Waals surface area contributed by atoms with Gasteiger partial charge in [-0.2, -0.15) is 0 Å². The molecule has 3 aromatic rings. The predicted octanol–water partition coefficient (Wildman–Crippen LogP) is 3.59. The summed E-state index contributed by atoms with van der Waals surface area (Å²) in [6.07, 6.45) is 1.74. The van der Waals surface area contributed by atoms with E-state index in [4.69, 9.17) is 4.74 Å². The van der Waals surface area contributed by atoms with Gasteiger partial charge in [0.15, 0.2) is 10.1 Å². The second-order valence-electron chi connectivity index (χ2n) is 4.53. The molecule has 118 valence electrons. The molecule has 0 fully saturated rings. The Morgan fingerprint density at radius 2 is 2.26 bits per heavy atom. The van der Waals surface area contributed by atoms with Gasteiger partial charge in [-0.1, -0.05) is 29.2 Å². The molecule has 0 aliphatic rings. The maximum atomic E-state index is 11.9. The molecule has 6 nitrogen and oxygen atoms in total. The smallest absolute Gasteiger partial charge is 0.210 e. The van der Waals surface area contributed by atoms with Gasteiger partial charge >= 0.3 is 0 Å². The quantitative estimate of drug-likeness (QED) is 0.503. The van der Waals surface area contributed by atoms with Crippen LogP contribution in [0.5, 0.6) is 5.75 Å². The maximum absolute atomic E-state index is 11.9. The first kappa shape index (κ1) is 15.6. The number of aromatic nitrogens is 3. The summed E-state index contributed by atoms with van der Waals surface area (Å²) in [7, 11) is 1.62. The van der Waals surface area contributed by atoms with Crippen LogP contribution in [0.15, 0.2) is 46.9 Å². The Balaban J connectivity index is 1.58. The van der Waals surface area contributed by atoms with Crippen LogP contribution in [0.1, 0.15) is 10.5 Å². The molecule has 0 unspecified atom stereocenters. The zero-order chi connectivity index (χ0) is 16.1. The fourth-order valence-corrected chi connectivity index (χ4v) is 3.51. The topological polar surface area (TPSA) is 79.9 Å². The summed E-state index contributed by atoms with van der Waals surface area (Å²) in [5, 5.41) is 12.0. The van der Waals surface area contributed by atoms with Crippen molar-refractivity contribution < 1.29 is 9.53 Å². The molecule has 0 spiro atoms. The standard InChI is InChI=1S/C15H14N4O2S2/c1-21-11-5-2-4-10(8-11)17-14-18-19-15(23-14)22-9-13(20)12-6-3-7-16-12/h2-8,16H,9H2,1H3,(H,17,18). The number of hydrogen-bond acceptors (Lipinski definition) is 7. The summed E-state index contributed by atoms with van der Waals surface area (Å²) in [5.41, 5.74) is 1.48. The first-order valence-electron chi connectivity index (χ1n) is 6.78. The van der Waals surface area contributed by atoms with E-state index < -0.39 is 0 Å². The molecule has 2 aromatic heterocycles. The first-order chi connectivity index (χ1) is 11.2. The Morgan fingerprint density at radius 1 is 1.35 bits per heavy atom. The van der Waals surface area contributed by atoms with Crippen molar-refractivity contribution in [2.24, 2.45) is 0 Å². The number of nitrogens with zero attached hydrogens (tertiary/aromatic N) is 2. The third kappa shape index (κ3) is 4.11. The Labute approximate surface area is 141 Å². The molecule has 0 saturated carbocycles. The number of carbonyl (C=O) groups is 1. The van der Waals surface area contributed by atoms with Crippen molar-refractivity contribution in [1.82, 2.24) is 15.2 Å². The third-order valence-corrected chi connectivity index (χ3v) is 4.92. The highest BCUT2D eigenvalue weighted by atomic mass is 32.2. The Hall–Kier alpha value is -2.32. The Morgan fingerprint density at radius 3 is 3.04 bits per heavy atom. The van der Waals surface area contributed by atoms with Gasteiger partial charge in [-0.25, -0.2) is 0 Å². The number of rotatable bonds is 7. The molecule has 0 bridgehead atoms. The molecule has 0 aliphatic heterocycles. The van der Waals surface area contributed by atoms with Crippen LogP contribution in [0.25, 0.3) is 0 Å². The minimum Gasteiger partial charge on any atom is -0.497 e. The fraction of sp³-hybridized carbons (Fsp3) is 0.133. The number of anilines is 2. The number of carbonyl (C=O) groups excluding carboxylic acids is 1. The van der Waals surface area contributed by atoms with Crippen LogP contribution < -0.4 is 10.1 Å². The van der Waals surface area contributed by atoms with Crippen molar-refractivity contribution in [3.8, 4) is 5.75 Å². The SMILES string of the molecule is COc1cccc(Nc2nnc(SCC(=O)c3ccc[nH]3)s2)c1. The van der Waals surface area contributed by atoms with E-state index in [1.165, 1.54) is 23.1 Å². The summed E-state index contributed by atoms with van der Waals surface area (Å²) in [6.45, 7) is 0. The predicted molar refractivity (Wildman–Crippen MR) is 92.0 cm³/mol. The number of benzene rings is 1. The second-order valence-corrected chi connectivity index (χ2v) is 6.73. The fourth-order valence-electron chi connectivity index (χ4n) is 1.85. The zero-order valence-electron chi connectivity index (χ0n) is 12.3. The summed E-state index contributed by atoms with van der Waals surface area (Å²) in [5.74, 6) is 1.14. The lowest BCUT2D eigenvalue weighted by atomic mass is 10.3. The van der Waals surface area contributed by atoms with Gasteiger partial charge in [-0.05, 0) is 24.3 Å². The van der Waals surface area contributed by atoms with Gasteiger partial charge in [-0.15, -0.1) is 10.2 Å². The molecule has 2 heterocycles. The van der Waals surface area contributed by atoms with Crippen molar-refractivity contribution in [2.75, 3.05) is 18.2 Å². The second kappa shape index (κ2) is 7.30. The average molecular weight is 346 g/mol. The molecule has 8 heteroatoms. The number of H-pyrrole nitrogens is 1. The lowest BCUT2D eigenvalue weighted by Crippen LogP contribution is -2.02. The molecule has 23 heavy (non-hydrogen) atoms. The molecule has 0 atom stereocenters. The number of aromatic amines is 1. The average Bonchev–Trinajstić information content (AvgIpc) is 3.25. The first-order valence-corrected chi connectivity index (χ1v) is 8.59. The van der Waals surface area contributed by atoms with Crippen LogP contribution in [0, 0.1) is 0 Å². The summed E-state index contributed by atoms with van der Waals surface area (Å²) in [6, 6.07) is 11.1. The van der Waals surface area contributed by atoms with Gasteiger partial charge in [0.25, 0.3) is 0 Å². The molecular formula is C15H14N4O2S2. The highest BCUT2D eigenvalue weighted by Gasteiger charge is 2.10. The van der Waals surface area contributed by atoms with E-state index in [1.54, 1.807) is 25.4 Å². The van der Waals surface area contributed by atoms with Crippen molar-refractivity contribution >= 4 is 39.7 Å². The van der Waals surface area contributed by atoms with E-state index in [-0.39, 0.29) is 5.78 Å². The van der Waals surface area contributed by atoms with Crippen LogP contribution in [0.2, 0.25) is 0 Å². The number of ketones is 1. The summed E-state index contributed by atoms with van der Waals surface area (Å²) in [4.78, 5) is 14.8. The van der Waals surface area contributed by atoms with Crippen LogP contribution in [-0.2, 0) is 0 Å². The Bertz CT molecular complexity index is 786. The summed E-state index contributed by atoms with van der Waals surface area (Å²) >= 11 is 2.78. The van der Waals surface area contributed by atoms with E-state index in [0.717, 1.165) is 15.8 Å². The lowest BCUT2D eigenvalue weighted by Gasteiger charge is -2.04. The van der Waals surface area contributed by atoms with Gasteiger partial charge < -0.3 is 15.0 Å². The van der Waals surface area contributed by atoms with E-state index in [1.807, 2.05) is 24.3 Å². The summed E-state index contributed by atoms with van der Waals surface area (Å²) < 4.78 is 5.93. The number of nitrogens with one attached hydrogen (secondary N) is 2. The van der Waals surface area contributed by atoms with Crippen LogP contribution in [-0.4, -0.2) is 33.8 Å². The van der Waals surface area contributed by atoms with Crippen LogP contribution in [0.4, 0.5) is 10.8 Å². The number of Topliss-reactive ketones (excluding diaryl/α,β-unsaturated/α-hetero) is 1. The van der Waals surface area contributed by atoms with Crippen molar-refractivity contribution in [2.45, 2.75) is 4.34 Å². The third-order valence-electron chi connectivity index (χ3n) is 2.95. The van der Waals surface area contributed by atoms with Gasteiger partial charge in [-0.3, -0.25) is 4.79 Å². The molecule has 0 saturated heterocycles. The van der Waals surface area contributed by atoms with Crippen molar-refractivity contribution in [3.05, 3.63) is 48.3 Å². The number of methoxy groups -OCH3 is 1. The van der Waals surface area contributed by atoms with E-state index >= 15 is 0 Å². The molecule has 1 aromatic carbocycles. The van der Waals surface area contributed by atoms with Gasteiger partial charge in [0.05, 0.1) is 18.6 Å². The van der Waals surface area contributed by atoms with Crippen LogP contribution in [0.3, 0.4) is 0 Å². The minimum atomic E-state index is 0.0394.